The fraction of sp³-hybridized carbons (Fsp3) is 0.636. The van der Waals surface area contributed by atoms with Crippen LogP contribution in [0.2, 0.25) is 0 Å². The predicted octanol–water partition coefficient (Wildman–Crippen LogP) is 1.34. The van der Waals surface area contributed by atoms with Gasteiger partial charge in [-0.05, 0) is 13.3 Å². The van der Waals surface area contributed by atoms with Crippen molar-refractivity contribution in [1.82, 2.24) is 14.9 Å². The Hall–Kier alpha value is -1.21. The Morgan fingerprint density at radius 2 is 2.22 bits per heavy atom. The number of aromatic nitrogens is 2. The average Bonchev–Trinajstić information content (AvgIpc) is 2.65. The zero-order chi connectivity index (χ0) is 13.3. The molecule has 1 saturated heterocycles. The van der Waals surface area contributed by atoms with Crippen molar-refractivity contribution in [3.05, 3.63) is 23.3 Å². The highest BCUT2D eigenvalue weighted by atomic mass is 19.4. The van der Waals surface area contributed by atoms with Crippen molar-refractivity contribution in [2.45, 2.75) is 32.1 Å². The van der Waals surface area contributed by atoms with E-state index in [9.17, 15) is 13.2 Å². The van der Waals surface area contributed by atoms with Crippen LogP contribution in [0.4, 0.5) is 13.2 Å². The molecule has 0 saturated carbocycles. The summed E-state index contributed by atoms with van der Waals surface area (Å²) in [6.07, 6.45) is -2.31. The lowest BCUT2D eigenvalue weighted by atomic mass is 10.2. The van der Waals surface area contributed by atoms with Crippen molar-refractivity contribution in [2.24, 2.45) is 5.73 Å². The molecule has 1 aliphatic heterocycles. The van der Waals surface area contributed by atoms with Crippen molar-refractivity contribution in [3.8, 4) is 0 Å². The maximum Gasteiger partial charge on any atom is 0.451 e. The molecule has 0 aromatic carbocycles. The van der Waals surface area contributed by atoms with E-state index in [2.05, 4.69) is 14.9 Å². The summed E-state index contributed by atoms with van der Waals surface area (Å²) < 4.78 is 37.2. The fourth-order valence-corrected chi connectivity index (χ4v) is 2.03. The molecule has 0 aliphatic carbocycles. The average molecular weight is 260 g/mol. The fourth-order valence-electron chi connectivity index (χ4n) is 2.03. The van der Waals surface area contributed by atoms with Gasteiger partial charge in [0.05, 0.1) is 0 Å². The van der Waals surface area contributed by atoms with Gasteiger partial charge in [-0.15, -0.1) is 0 Å². The van der Waals surface area contributed by atoms with E-state index in [1.807, 2.05) is 0 Å². The molecule has 1 unspecified atom stereocenters. The van der Waals surface area contributed by atoms with Gasteiger partial charge in [0.25, 0.3) is 0 Å². The summed E-state index contributed by atoms with van der Waals surface area (Å²) in [5, 5.41) is 0. The van der Waals surface area contributed by atoms with Crippen LogP contribution in [0.25, 0.3) is 0 Å². The molecule has 100 valence electrons. The van der Waals surface area contributed by atoms with Gasteiger partial charge in [0, 0.05) is 43.1 Å². The largest absolute Gasteiger partial charge is 0.451 e. The molecular formula is C11H15F3N4. The SMILES string of the molecule is Cc1nc(C(F)(F)F)ncc1CN1CCC(N)C1. The second kappa shape index (κ2) is 4.81. The topological polar surface area (TPSA) is 55.0 Å². The molecule has 2 heterocycles. The van der Waals surface area contributed by atoms with Crippen molar-refractivity contribution in [3.63, 3.8) is 0 Å². The number of alkyl halides is 3. The first-order valence-corrected chi connectivity index (χ1v) is 5.74. The van der Waals surface area contributed by atoms with Gasteiger partial charge >= 0.3 is 6.18 Å². The Balaban J connectivity index is 2.10. The molecule has 4 nitrogen and oxygen atoms in total. The predicted molar refractivity (Wildman–Crippen MR) is 59.6 cm³/mol. The maximum atomic E-state index is 12.4. The minimum Gasteiger partial charge on any atom is -0.326 e. The quantitative estimate of drug-likeness (QED) is 0.871. The van der Waals surface area contributed by atoms with Crippen molar-refractivity contribution in [2.75, 3.05) is 13.1 Å². The van der Waals surface area contributed by atoms with E-state index in [0.29, 0.717) is 12.2 Å². The summed E-state index contributed by atoms with van der Waals surface area (Å²) in [5.74, 6) is -1.08. The number of likely N-dealkylation sites (tertiary alicyclic amines) is 1. The summed E-state index contributed by atoms with van der Waals surface area (Å²) in [4.78, 5) is 8.99. The number of nitrogens with zero attached hydrogens (tertiary/aromatic N) is 3. The third-order valence-electron chi connectivity index (χ3n) is 3.04. The van der Waals surface area contributed by atoms with Gasteiger partial charge in [0.2, 0.25) is 5.82 Å². The van der Waals surface area contributed by atoms with Crippen molar-refractivity contribution in [1.29, 1.82) is 0 Å². The zero-order valence-corrected chi connectivity index (χ0v) is 10.0. The Labute approximate surface area is 103 Å². The molecule has 2 rings (SSSR count). The van der Waals surface area contributed by atoms with E-state index in [4.69, 9.17) is 5.73 Å². The number of hydrogen-bond donors (Lipinski definition) is 1. The number of aryl methyl sites for hydroxylation is 1. The first-order chi connectivity index (χ1) is 8.36. The van der Waals surface area contributed by atoms with Gasteiger partial charge in [-0.2, -0.15) is 13.2 Å². The molecule has 18 heavy (non-hydrogen) atoms. The van der Waals surface area contributed by atoms with Crippen molar-refractivity contribution >= 4 is 0 Å². The summed E-state index contributed by atoms with van der Waals surface area (Å²) in [7, 11) is 0. The van der Waals surface area contributed by atoms with E-state index in [-0.39, 0.29) is 6.04 Å². The van der Waals surface area contributed by atoms with Crippen molar-refractivity contribution < 1.29 is 13.2 Å². The van der Waals surface area contributed by atoms with E-state index in [1.165, 1.54) is 6.20 Å². The smallest absolute Gasteiger partial charge is 0.326 e. The Bertz CT molecular complexity index is 433. The zero-order valence-electron chi connectivity index (χ0n) is 10.0. The lowest BCUT2D eigenvalue weighted by Gasteiger charge is -2.16. The molecule has 1 aliphatic rings. The van der Waals surface area contributed by atoms with Crippen LogP contribution in [0.1, 0.15) is 23.5 Å². The third-order valence-corrected chi connectivity index (χ3v) is 3.04. The summed E-state index contributed by atoms with van der Waals surface area (Å²) in [6.45, 7) is 3.75. The lowest BCUT2D eigenvalue weighted by Crippen LogP contribution is -2.26. The number of nitrogens with two attached hydrogens (primary N) is 1. The van der Waals surface area contributed by atoms with Gasteiger partial charge in [-0.1, -0.05) is 0 Å². The van der Waals surface area contributed by atoms with Crippen LogP contribution in [0, 0.1) is 6.92 Å². The monoisotopic (exact) mass is 260 g/mol. The Morgan fingerprint density at radius 3 is 2.72 bits per heavy atom. The van der Waals surface area contributed by atoms with E-state index in [1.54, 1.807) is 6.92 Å². The molecule has 1 atom stereocenters. The van der Waals surface area contributed by atoms with Gasteiger partial charge in [-0.3, -0.25) is 4.90 Å². The third kappa shape index (κ3) is 2.97. The van der Waals surface area contributed by atoms with E-state index < -0.39 is 12.0 Å². The first-order valence-electron chi connectivity index (χ1n) is 5.74. The normalized spacial score (nSPS) is 21.5. The molecule has 7 heteroatoms. The van der Waals surface area contributed by atoms with Gasteiger partial charge in [-0.25, -0.2) is 9.97 Å². The minimum absolute atomic E-state index is 0.153. The standard InChI is InChI=1S/C11H15F3N4/c1-7-8(5-18-3-2-9(15)6-18)4-16-10(17-7)11(12,13)14/h4,9H,2-3,5-6,15H2,1H3. The summed E-state index contributed by atoms with van der Waals surface area (Å²) >= 11 is 0. The van der Waals surface area contributed by atoms with E-state index in [0.717, 1.165) is 25.1 Å². The highest BCUT2D eigenvalue weighted by Gasteiger charge is 2.35. The Kier molecular flexibility index (Phi) is 3.54. The van der Waals surface area contributed by atoms with E-state index >= 15 is 0 Å². The molecule has 0 bridgehead atoms. The second-order valence-corrected chi connectivity index (χ2v) is 4.59. The molecule has 1 aromatic rings. The van der Waals surface area contributed by atoms with Crippen LogP contribution in [-0.4, -0.2) is 34.0 Å². The highest BCUT2D eigenvalue weighted by Crippen LogP contribution is 2.26. The van der Waals surface area contributed by atoms with Crippen LogP contribution in [0.3, 0.4) is 0 Å². The number of hydrogen-bond acceptors (Lipinski definition) is 4. The summed E-state index contributed by atoms with van der Waals surface area (Å²) in [6, 6.07) is 0.153. The van der Waals surface area contributed by atoms with Gasteiger partial charge in [0.1, 0.15) is 0 Å². The second-order valence-electron chi connectivity index (χ2n) is 4.59. The van der Waals surface area contributed by atoms with Crippen LogP contribution >= 0.6 is 0 Å². The van der Waals surface area contributed by atoms with Crippen LogP contribution in [0.5, 0.6) is 0 Å². The lowest BCUT2D eigenvalue weighted by molar-refractivity contribution is -0.145. The summed E-state index contributed by atoms with van der Waals surface area (Å²) in [5.41, 5.74) is 6.87. The van der Waals surface area contributed by atoms with Crippen LogP contribution in [0.15, 0.2) is 6.20 Å². The molecular weight excluding hydrogens is 245 g/mol. The number of rotatable bonds is 2. The first kappa shape index (κ1) is 13.2. The van der Waals surface area contributed by atoms with Crippen LogP contribution < -0.4 is 5.73 Å². The molecule has 1 aromatic heterocycles. The molecule has 1 fully saturated rings. The molecule has 0 radical (unpaired) electrons. The Morgan fingerprint density at radius 1 is 1.50 bits per heavy atom. The van der Waals surface area contributed by atoms with Gasteiger partial charge in [0.15, 0.2) is 0 Å². The number of halogens is 3. The highest BCUT2D eigenvalue weighted by molar-refractivity contribution is 5.17. The minimum atomic E-state index is -4.49. The van der Waals surface area contributed by atoms with Gasteiger partial charge < -0.3 is 5.73 Å². The van der Waals surface area contributed by atoms with Crippen LogP contribution in [-0.2, 0) is 12.7 Å². The molecule has 0 spiro atoms. The molecule has 2 N–H and O–H groups in total. The molecule has 0 amide bonds. The maximum absolute atomic E-state index is 12.4.